The van der Waals surface area contributed by atoms with Crippen LogP contribution in [-0.2, 0) is 10.3 Å². The molecule has 0 radical (unpaired) electrons. The van der Waals surface area contributed by atoms with Crippen LogP contribution in [0.5, 0.6) is 0 Å². The summed E-state index contributed by atoms with van der Waals surface area (Å²) in [5, 5.41) is 10.3. The molecule has 3 N–H and O–H groups in total. The summed E-state index contributed by atoms with van der Waals surface area (Å²) in [5.74, 6) is 0. The first-order valence-corrected chi connectivity index (χ1v) is 4.72. The number of nitrogens with two attached hydrogens (primary N) is 1. The highest BCUT2D eigenvalue weighted by atomic mass is 16.5. The van der Waals surface area contributed by atoms with Crippen LogP contribution in [0.3, 0.4) is 0 Å². The maximum atomic E-state index is 10.3. The van der Waals surface area contributed by atoms with Gasteiger partial charge in [0.25, 0.3) is 0 Å². The number of anilines is 1. The summed E-state index contributed by atoms with van der Waals surface area (Å²) in [6, 6.07) is 1.71. The molecule has 0 saturated carbocycles. The Labute approximate surface area is 82.7 Å². The third kappa shape index (κ3) is 1.58. The fraction of sp³-hybridized carbons (Fsp3) is 0.500. The smallest absolute Gasteiger partial charge is 0.0975 e. The quantitative estimate of drug-likeness (QED) is 0.689. The number of rotatable bonds is 1. The van der Waals surface area contributed by atoms with Crippen molar-refractivity contribution in [3.05, 3.63) is 24.0 Å². The van der Waals surface area contributed by atoms with Gasteiger partial charge < -0.3 is 15.6 Å². The van der Waals surface area contributed by atoms with E-state index in [1.165, 1.54) is 0 Å². The van der Waals surface area contributed by atoms with Crippen LogP contribution in [0, 0.1) is 0 Å². The average molecular weight is 194 g/mol. The van der Waals surface area contributed by atoms with Crippen LogP contribution in [0.4, 0.5) is 5.69 Å². The number of aliphatic hydroxyl groups is 1. The Bertz CT molecular complexity index is 322. The van der Waals surface area contributed by atoms with Crippen molar-refractivity contribution in [1.82, 2.24) is 4.98 Å². The van der Waals surface area contributed by atoms with Gasteiger partial charge in [-0.3, -0.25) is 4.98 Å². The highest BCUT2D eigenvalue weighted by molar-refractivity contribution is 5.47. The molecule has 0 atom stereocenters. The van der Waals surface area contributed by atoms with Gasteiger partial charge in [0, 0.05) is 49.7 Å². The maximum absolute atomic E-state index is 10.3. The van der Waals surface area contributed by atoms with Crippen molar-refractivity contribution in [3.8, 4) is 0 Å². The minimum atomic E-state index is -0.851. The van der Waals surface area contributed by atoms with Crippen molar-refractivity contribution < 1.29 is 9.84 Å². The van der Waals surface area contributed by atoms with Crippen LogP contribution >= 0.6 is 0 Å². The average Bonchev–Trinajstić information content (AvgIpc) is 2.19. The van der Waals surface area contributed by atoms with Gasteiger partial charge in [-0.15, -0.1) is 0 Å². The minimum absolute atomic E-state index is 0.574. The lowest BCUT2D eigenvalue weighted by Gasteiger charge is -2.32. The second-order valence-electron chi connectivity index (χ2n) is 3.61. The van der Waals surface area contributed by atoms with E-state index >= 15 is 0 Å². The zero-order valence-electron chi connectivity index (χ0n) is 7.94. The van der Waals surface area contributed by atoms with E-state index in [1.807, 2.05) is 0 Å². The Kier molecular flexibility index (Phi) is 2.39. The minimum Gasteiger partial charge on any atom is -0.398 e. The topological polar surface area (TPSA) is 68.4 Å². The lowest BCUT2D eigenvalue weighted by molar-refractivity contribution is -0.0676. The largest absolute Gasteiger partial charge is 0.398 e. The third-order valence-electron chi connectivity index (χ3n) is 2.68. The molecule has 1 aliphatic heterocycles. The van der Waals surface area contributed by atoms with Gasteiger partial charge >= 0.3 is 0 Å². The Morgan fingerprint density at radius 1 is 1.43 bits per heavy atom. The zero-order valence-corrected chi connectivity index (χ0v) is 7.94. The molecule has 1 saturated heterocycles. The van der Waals surface area contributed by atoms with Crippen molar-refractivity contribution in [2.45, 2.75) is 18.4 Å². The maximum Gasteiger partial charge on any atom is 0.0975 e. The third-order valence-corrected chi connectivity index (χ3v) is 2.68. The lowest BCUT2D eigenvalue weighted by atomic mass is 9.86. The van der Waals surface area contributed by atoms with Crippen molar-refractivity contribution in [3.63, 3.8) is 0 Å². The SMILES string of the molecule is Nc1ccncc1C1(O)CCOCC1. The van der Waals surface area contributed by atoms with Gasteiger partial charge in [0.15, 0.2) is 0 Å². The van der Waals surface area contributed by atoms with Crippen molar-refractivity contribution in [2.75, 3.05) is 18.9 Å². The lowest BCUT2D eigenvalue weighted by Crippen LogP contribution is -2.34. The van der Waals surface area contributed by atoms with Crippen LogP contribution in [0.1, 0.15) is 18.4 Å². The second-order valence-corrected chi connectivity index (χ2v) is 3.61. The molecule has 0 aliphatic carbocycles. The Morgan fingerprint density at radius 2 is 2.14 bits per heavy atom. The van der Waals surface area contributed by atoms with Gasteiger partial charge in [-0.25, -0.2) is 0 Å². The fourth-order valence-electron chi connectivity index (χ4n) is 1.77. The molecular formula is C10H14N2O2. The number of ether oxygens (including phenoxy) is 1. The highest BCUT2D eigenvalue weighted by Crippen LogP contribution is 2.34. The van der Waals surface area contributed by atoms with E-state index in [-0.39, 0.29) is 0 Å². The summed E-state index contributed by atoms with van der Waals surface area (Å²) in [4.78, 5) is 3.99. The summed E-state index contributed by atoms with van der Waals surface area (Å²) in [6.07, 6.45) is 4.44. The van der Waals surface area contributed by atoms with Crippen LogP contribution < -0.4 is 5.73 Å². The highest BCUT2D eigenvalue weighted by Gasteiger charge is 2.33. The molecule has 2 rings (SSSR count). The van der Waals surface area contributed by atoms with Gasteiger partial charge in [0.05, 0.1) is 5.60 Å². The Hall–Kier alpha value is -1.13. The molecule has 1 fully saturated rings. The van der Waals surface area contributed by atoms with E-state index in [0.717, 1.165) is 5.56 Å². The first kappa shape index (κ1) is 9.43. The molecule has 0 bridgehead atoms. The monoisotopic (exact) mass is 194 g/mol. The fourth-order valence-corrected chi connectivity index (χ4v) is 1.77. The van der Waals surface area contributed by atoms with Gasteiger partial charge in [-0.05, 0) is 6.07 Å². The first-order chi connectivity index (χ1) is 6.72. The van der Waals surface area contributed by atoms with Crippen LogP contribution in [0.15, 0.2) is 18.5 Å². The molecule has 14 heavy (non-hydrogen) atoms. The van der Waals surface area contributed by atoms with Crippen molar-refractivity contribution in [1.29, 1.82) is 0 Å². The van der Waals surface area contributed by atoms with E-state index in [0.29, 0.717) is 31.7 Å². The Morgan fingerprint density at radius 3 is 2.79 bits per heavy atom. The van der Waals surface area contributed by atoms with E-state index in [4.69, 9.17) is 10.5 Å². The van der Waals surface area contributed by atoms with Crippen molar-refractivity contribution >= 4 is 5.69 Å². The van der Waals surface area contributed by atoms with Crippen LogP contribution in [-0.4, -0.2) is 23.3 Å². The predicted octanol–water partition coefficient (Wildman–Crippen LogP) is 0.662. The van der Waals surface area contributed by atoms with Gasteiger partial charge in [0.1, 0.15) is 0 Å². The van der Waals surface area contributed by atoms with E-state index in [1.54, 1.807) is 18.5 Å². The van der Waals surface area contributed by atoms with Crippen LogP contribution in [0.25, 0.3) is 0 Å². The molecule has 1 aliphatic rings. The van der Waals surface area contributed by atoms with Gasteiger partial charge in [-0.1, -0.05) is 0 Å². The number of hydrogen-bond donors (Lipinski definition) is 2. The molecule has 4 heteroatoms. The molecule has 1 aromatic heterocycles. The molecule has 0 unspecified atom stereocenters. The van der Waals surface area contributed by atoms with Crippen LogP contribution in [0.2, 0.25) is 0 Å². The summed E-state index contributed by atoms with van der Waals surface area (Å²) in [7, 11) is 0. The van der Waals surface area contributed by atoms with Gasteiger partial charge in [-0.2, -0.15) is 0 Å². The van der Waals surface area contributed by atoms with E-state index < -0.39 is 5.60 Å². The summed E-state index contributed by atoms with van der Waals surface area (Å²) >= 11 is 0. The van der Waals surface area contributed by atoms with Crippen molar-refractivity contribution in [2.24, 2.45) is 0 Å². The number of aromatic nitrogens is 1. The second kappa shape index (κ2) is 3.55. The van der Waals surface area contributed by atoms with E-state index in [9.17, 15) is 5.11 Å². The molecule has 1 aromatic rings. The summed E-state index contributed by atoms with van der Waals surface area (Å²) in [5.41, 5.74) is 6.27. The molecule has 76 valence electrons. The first-order valence-electron chi connectivity index (χ1n) is 4.72. The number of hydrogen-bond acceptors (Lipinski definition) is 4. The normalized spacial score (nSPS) is 20.6. The molecule has 0 spiro atoms. The summed E-state index contributed by atoms with van der Waals surface area (Å²) in [6.45, 7) is 1.15. The molecule has 0 amide bonds. The number of nitrogen functional groups attached to an aromatic ring is 1. The molecule has 4 nitrogen and oxygen atoms in total. The molecule has 0 aromatic carbocycles. The number of pyridine rings is 1. The number of nitrogens with zero attached hydrogens (tertiary/aromatic N) is 1. The predicted molar refractivity (Wildman–Crippen MR) is 52.6 cm³/mol. The molecular weight excluding hydrogens is 180 g/mol. The Balaban J connectivity index is 2.32. The zero-order chi connectivity index (χ0) is 10.0. The molecule has 2 heterocycles. The standard InChI is InChI=1S/C10H14N2O2/c11-9-1-4-12-7-8(9)10(13)2-5-14-6-3-10/h1,4,7,13H,2-3,5-6H2,(H2,11,12). The summed E-state index contributed by atoms with van der Waals surface area (Å²) < 4.78 is 5.21. The van der Waals surface area contributed by atoms with E-state index in [2.05, 4.69) is 4.98 Å². The van der Waals surface area contributed by atoms with Gasteiger partial charge in [0.2, 0.25) is 0 Å².